The van der Waals surface area contributed by atoms with Crippen molar-refractivity contribution >= 4 is 55.7 Å². The molecule has 0 atom stereocenters. The number of carbonyl (C=O) groups is 1. The Labute approximate surface area is 175 Å². The van der Waals surface area contributed by atoms with Gasteiger partial charge in [-0.3, -0.25) is 9.69 Å². The van der Waals surface area contributed by atoms with Crippen LogP contribution in [0.15, 0.2) is 48.8 Å². The summed E-state index contributed by atoms with van der Waals surface area (Å²) in [4.78, 5) is 21.7. The van der Waals surface area contributed by atoms with Gasteiger partial charge >= 0.3 is 0 Å². The quantitative estimate of drug-likeness (QED) is 0.427. The van der Waals surface area contributed by atoms with Crippen LogP contribution in [0.4, 0.5) is 5.13 Å². The van der Waals surface area contributed by atoms with Gasteiger partial charge in [0, 0.05) is 29.6 Å². The second kappa shape index (κ2) is 7.39. The molecule has 28 heavy (non-hydrogen) atoms. The van der Waals surface area contributed by atoms with Crippen LogP contribution < -0.4 is 4.90 Å². The predicted molar refractivity (Wildman–Crippen MR) is 120 cm³/mol. The van der Waals surface area contributed by atoms with Gasteiger partial charge in [0.2, 0.25) is 0 Å². The zero-order valence-electron chi connectivity index (χ0n) is 15.4. The van der Waals surface area contributed by atoms with E-state index in [0.29, 0.717) is 6.54 Å². The number of anilines is 1. The number of amides is 1. The number of thiophene rings is 1. The van der Waals surface area contributed by atoms with E-state index in [1.807, 2.05) is 66.3 Å². The van der Waals surface area contributed by atoms with E-state index in [1.54, 1.807) is 22.7 Å². The summed E-state index contributed by atoms with van der Waals surface area (Å²) in [6.45, 7) is 2.62. The maximum absolute atomic E-state index is 13.8. The number of fused-ring (bicyclic) bond motifs is 2. The number of hydrogen-bond acceptors (Lipinski definition) is 5. The smallest absolute Gasteiger partial charge is 0.263 e. The normalized spacial score (nSPS) is 13.6. The number of benzene rings is 1. The first-order chi connectivity index (χ1) is 13.8. The number of rotatable bonds is 4. The molecule has 4 heterocycles. The van der Waals surface area contributed by atoms with Crippen LogP contribution in [0.3, 0.4) is 0 Å². The molecule has 0 spiro atoms. The maximum atomic E-state index is 13.8. The second-order valence-corrected chi connectivity index (χ2v) is 9.79. The van der Waals surface area contributed by atoms with E-state index >= 15 is 0 Å². The lowest BCUT2D eigenvalue weighted by Gasteiger charge is -2.20. The highest BCUT2D eigenvalue weighted by Gasteiger charge is 2.30. The number of thioether (sulfide) groups is 1. The molecule has 0 fully saturated rings. The molecule has 1 aliphatic rings. The molecule has 3 aromatic heterocycles. The van der Waals surface area contributed by atoms with Gasteiger partial charge in [0.1, 0.15) is 5.00 Å². The van der Waals surface area contributed by atoms with Gasteiger partial charge in [-0.25, -0.2) is 4.98 Å². The Kier molecular flexibility index (Phi) is 4.74. The van der Waals surface area contributed by atoms with Gasteiger partial charge in [-0.2, -0.15) is 11.8 Å². The molecule has 0 saturated carbocycles. The van der Waals surface area contributed by atoms with Crippen LogP contribution in [0, 0.1) is 0 Å². The van der Waals surface area contributed by atoms with Crippen molar-refractivity contribution in [3.05, 3.63) is 64.8 Å². The van der Waals surface area contributed by atoms with Gasteiger partial charge in [-0.1, -0.05) is 23.5 Å². The first-order valence-electron chi connectivity index (χ1n) is 9.29. The SMILES string of the molecule is CCN(C(=O)c1c(-n2cccc2)sc2c1CCSC2)c1nc2ccccc2s1. The minimum atomic E-state index is 0.0645. The molecule has 142 valence electrons. The molecular formula is C21H19N3OS3. The molecule has 1 amide bonds. The molecule has 0 radical (unpaired) electrons. The molecule has 4 nitrogen and oxygen atoms in total. The van der Waals surface area contributed by atoms with Crippen LogP contribution in [-0.2, 0) is 12.2 Å². The number of para-hydroxylation sites is 1. The number of carbonyl (C=O) groups excluding carboxylic acids is 1. The molecule has 0 bridgehead atoms. The van der Waals surface area contributed by atoms with Gasteiger partial charge in [-0.05, 0) is 48.9 Å². The Morgan fingerprint density at radius 3 is 2.79 bits per heavy atom. The minimum Gasteiger partial charge on any atom is -0.315 e. The first kappa shape index (κ1) is 18.0. The summed E-state index contributed by atoms with van der Waals surface area (Å²) in [5.41, 5.74) is 3.04. The van der Waals surface area contributed by atoms with Crippen LogP contribution in [-0.4, -0.2) is 27.8 Å². The van der Waals surface area contributed by atoms with E-state index in [2.05, 4.69) is 10.6 Å². The fraction of sp³-hybridized carbons (Fsp3) is 0.238. The summed E-state index contributed by atoms with van der Waals surface area (Å²) in [5, 5.41) is 1.80. The summed E-state index contributed by atoms with van der Waals surface area (Å²) in [7, 11) is 0. The summed E-state index contributed by atoms with van der Waals surface area (Å²) in [6, 6.07) is 12.1. The largest absolute Gasteiger partial charge is 0.315 e. The number of hydrogen-bond donors (Lipinski definition) is 0. The Hall–Kier alpha value is -2.09. The fourth-order valence-corrected chi connectivity index (χ4v) is 7.03. The highest BCUT2D eigenvalue weighted by molar-refractivity contribution is 7.98. The minimum absolute atomic E-state index is 0.0645. The lowest BCUT2D eigenvalue weighted by molar-refractivity contribution is 0.0988. The van der Waals surface area contributed by atoms with E-state index < -0.39 is 0 Å². The van der Waals surface area contributed by atoms with Crippen molar-refractivity contribution in [3.63, 3.8) is 0 Å². The van der Waals surface area contributed by atoms with E-state index in [0.717, 1.165) is 43.8 Å². The van der Waals surface area contributed by atoms with Crippen LogP contribution in [0.25, 0.3) is 15.2 Å². The van der Waals surface area contributed by atoms with Crippen molar-refractivity contribution in [1.29, 1.82) is 0 Å². The van der Waals surface area contributed by atoms with Crippen molar-refractivity contribution in [2.24, 2.45) is 0 Å². The average molecular weight is 426 g/mol. The second-order valence-electron chi connectivity index (χ2n) is 6.59. The van der Waals surface area contributed by atoms with Crippen LogP contribution in [0.1, 0.15) is 27.7 Å². The highest BCUT2D eigenvalue weighted by atomic mass is 32.2. The topological polar surface area (TPSA) is 38.1 Å². The Bertz CT molecular complexity index is 1110. The van der Waals surface area contributed by atoms with Crippen molar-refractivity contribution in [2.45, 2.75) is 19.1 Å². The zero-order valence-corrected chi connectivity index (χ0v) is 17.9. The van der Waals surface area contributed by atoms with Crippen LogP contribution in [0.2, 0.25) is 0 Å². The molecule has 1 aromatic carbocycles. The van der Waals surface area contributed by atoms with Crippen molar-refractivity contribution < 1.29 is 4.79 Å². The van der Waals surface area contributed by atoms with Gasteiger partial charge in [-0.15, -0.1) is 11.3 Å². The first-order valence-corrected chi connectivity index (χ1v) is 12.1. The molecule has 0 N–H and O–H groups in total. The molecule has 0 unspecified atom stereocenters. The summed E-state index contributed by atoms with van der Waals surface area (Å²) in [6.07, 6.45) is 5.00. The Morgan fingerprint density at radius 2 is 2.00 bits per heavy atom. The van der Waals surface area contributed by atoms with Gasteiger partial charge in [0.25, 0.3) is 5.91 Å². The predicted octanol–water partition coefficient (Wildman–Crippen LogP) is 5.60. The highest BCUT2D eigenvalue weighted by Crippen LogP contribution is 2.40. The van der Waals surface area contributed by atoms with E-state index in [-0.39, 0.29) is 5.91 Å². The summed E-state index contributed by atoms with van der Waals surface area (Å²) < 4.78 is 3.19. The molecule has 1 aliphatic heterocycles. The molecular weight excluding hydrogens is 406 g/mol. The van der Waals surface area contributed by atoms with E-state index in [1.165, 1.54) is 10.4 Å². The standard InChI is InChI=1S/C21H19N3OS3/c1-2-24(21-22-15-7-3-4-8-16(15)28-21)19(25)18-14-9-12-26-13-17(14)27-20(18)23-10-5-6-11-23/h3-8,10-11H,2,9,12-13H2,1H3. The van der Waals surface area contributed by atoms with E-state index in [4.69, 9.17) is 4.98 Å². The third-order valence-corrected chi connectivity index (χ3v) is 8.40. The lowest BCUT2D eigenvalue weighted by atomic mass is 10.1. The van der Waals surface area contributed by atoms with E-state index in [9.17, 15) is 4.79 Å². The fourth-order valence-electron chi connectivity index (χ4n) is 3.57. The third kappa shape index (κ3) is 2.98. The Balaban J connectivity index is 1.63. The van der Waals surface area contributed by atoms with Gasteiger partial charge in [0.05, 0.1) is 15.8 Å². The summed E-state index contributed by atoms with van der Waals surface area (Å²) >= 11 is 5.28. The van der Waals surface area contributed by atoms with Crippen LogP contribution in [0.5, 0.6) is 0 Å². The average Bonchev–Trinajstić information content (AvgIpc) is 3.45. The van der Waals surface area contributed by atoms with Gasteiger partial charge < -0.3 is 4.57 Å². The molecule has 0 aliphatic carbocycles. The molecule has 5 rings (SSSR count). The van der Waals surface area contributed by atoms with Crippen molar-refractivity contribution in [2.75, 3.05) is 17.2 Å². The van der Waals surface area contributed by atoms with Crippen molar-refractivity contribution in [3.8, 4) is 5.00 Å². The molecule has 4 aromatic rings. The number of nitrogens with zero attached hydrogens (tertiary/aromatic N) is 3. The molecule has 0 saturated heterocycles. The number of thiazole rings is 1. The van der Waals surface area contributed by atoms with Gasteiger partial charge in [0.15, 0.2) is 5.13 Å². The zero-order chi connectivity index (χ0) is 19.1. The monoisotopic (exact) mass is 425 g/mol. The maximum Gasteiger partial charge on any atom is 0.263 e. The summed E-state index contributed by atoms with van der Waals surface area (Å²) in [5.74, 6) is 2.13. The van der Waals surface area contributed by atoms with Crippen LogP contribution >= 0.6 is 34.4 Å². The lowest BCUT2D eigenvalue weighted by Crippen LogP contribution is -2.32. The number of aromatic nitrogens is 2. The molecule has 7 heteroatoms. The van der Waals surface area contributed by atoms with Crippen molar-refractivity contribution in [1.82, 2.24) is 9.55 Å². The Morgan fingerprint density at radius 1 is 1.18 bits per heavy atom. The third-order valence-electron chi connectivity index (χ3n) is 4.93.